The summed E-state index contributed by atoms with van der Waals surface area (Å²) in [5, 5.41) is 15.5. The van der Waals surface area contributed by atoms with E-state index >= 15 is 0 Å². The summed E-state index contributed by atoms with van der Waals surface area (Å²) in [6.07, 6.45) is -4.71. The van der Waals surface area contributed by atoms with E-state index in [0.29, 0.717) is 29.8 Å². The number of carboxylic acids is 1. The number of hydrogen-bond acceptors (Lipinski definition) is 7. The van der Waals surface area contributed by atoms with Crippen LogP contribution in [0.3, 0.4) is 0 Å². The maximum atomic E-state index is 12.8. The van der Waals surface area contributed by atoms with Crippen molar-refractivity contribution in [2.24, 2.45) is 5.73 Å². The minimum absolute atomic E-state index is 0.0852. The van der Waals surface area contributed by atoms with Crippen molar-refractivity contribution in [3.05, 3.63) is 59.7 Å². The number of rotatable bonds is 6. The largest absolute Gasteiger partial charge is 0.490 e. The number of thiophene rings is 1. The molecule has 0 radical (unpaired) electrons. The molecule has 1 aromatic heterocycles. The number of carbonyl (C=O) groups excluding carboxylic acids is 1. The van der Waals surface area contributed by atoms with Gasteiger partial charge in [-0.1, -0.05) is 18.2 Å². The zero-order chi connectivity index (χ0) is 27.5. The highest BCUT2D eigenvalue weighted by Crippen LogP contribution is 2.29. The van der Waals surface area contributed by atoms with Crippen LogP contribution in [-0.4, -0.2) is 54.9 Å². The van der Waals surface area contributed by atoms with Crippen LogP contribution in [0, 0.1) is 5.41 Å². The van der Waals surface area contributed by atoms with E-state index in [1.165, 1.54) is 11.3 Å². The lowest BCUT2D eigenvalue weighted by atomic mass is 10.1. The van der Waals surface area contributed by atoms with Crippen LogP contribution in [0.15, 0.2) is 52.7 Å². The molecule has 2 aromatic carbocycles. The first-order valence-corrected chi connectivity index (χ1v) is 12.8. The summed E-state index contributed by atoms with van der Waals surface area (Å²) in [5.74, 6) is -3.14. The molecule has 1 atom stereocenters. The van der Waals surface area contributed by atoms with Gasteiger partial charge in [-0.3, -0.25) is 10.2 Å². The van der Waals surface area contributed by atoms with Gasteiger partial charge < -0.3 is 21.5 Å². The second-order valence-electron chi connectivity index (χ2n) is 7.96. The molecule has 1 aliphatic rings. The molecule has 7 N–H and O–H groups in total. The van der Waals surface area contributed by atoms with E-state index < -0.39 is 28.2 Å². The second-order valence-corrected chi connectivity index (χ2v) is 11.0. The molecule has 0 bridgehead atoms. The summed E-state index contributed by atoms with van der Waals surface area (Å²) in [5.41, 5.74) is 13.2. The number of likely N-dealkylation sites (tertiary alicyclic amines) is 1. The first kappa shape index (κ1) is 27.9. The Labute approximate surface area is 213 Å². The Hall–Kier alpha value is -3.69. The van der Waals surface area contributed by atoms with Crippen molar-refractivity contribution in [3.8, 4) is 0 Å². The standard InChI is InChI=1S/C20H21N5O3S2.C2HF3O2/c21-15-6-5-13(19(22)23)9-14(15)11-25-8-7-16(20(25)26)24-30(27,28)18-10-12-3-1-2-4-17(12)29-18;3-2(4,5)1(6)7/h1-6,9-10,16,24H,7-8,11,21H2,(H3,22,23);(H,6,7). The van der Waals surface area contributed by atoms with E-state index in [1.807, 2.05) is 24.3 Å². The van der Waals surface area contributed by atoms with Crippen molar-refractivity contribution in [1.82, 2.24) is 9.62 Å². The first-order valence-electron chi connectivity index (χ1n) is 10.5. The highest BCUT2D eigenvalue weighted by molar-refractivity contribution is 7.91. The van der Waals surface area contributed by atoms with Gasteiger partial charge in [-0.2, -0.15) is 17.9 Å². The number of sulfonamides is 1. The Morgan fingerprint density at radius 1 is 1.22 bits per heavy atom. The molecule has 4 rings (SSSR count). The zero-order valence-electron chi connectivity index (χ0n) is 18.9. The number of nitrogen functional groups attached to an aromatic ring is 2. The lowest BCUT2D eigenvalue weighted by molar-refractivity contribution is -0.192. The molecule has 0 saturated carbocycles. The summed E-state index contributed by atoms with van der Waals surface area (Å²) in [7, 11) is -3.81. The average molecular weight is 558 g/mol. The van der Waals surface area contributed by atoms with E-state index in [0.717, 1.165) is 10.1 Å². The summed E-state index contributed by atoms with van der Waals surface area (Å²) in [4.78, 5) is 23.3. The lowest BCUT2D eigenvalue weighted by Gasteiger charge is -2.19. The molecular formula is C22H22F3N5O5S2. The van der Waals surface area contributed by atoms with Gasteiger partial charge in [0.15, 0.2) is 0 Å². The normalized spacial score (nSPS) is 15.9. The molecule has 1 fully saturated rings. The number of anilines is 1. The van der Waals surface area contributed by atoms with Gasteiger partial charge in [-0.05, 0) is 47.7 Å². The number of amidine groups is 1. The monoisotopic (exact) mass is 557 g/mol. The Bertz CT molecular complexity index is 1420. The number of aliphatic carboxylic acids is 1. The summed E-state index contributed by atoms with van der Waals surface area (Å²) in [6.45, 7) is 0.634. The number of amides is 1. The summed E-state index contributed by atoms with van der Waals surface area (Å²) >= 11 is 1.17. The van der Waals surface area contributed by atoms with Crippen molar-refractivity contribution in [3.63, 3.8) is 0 Å². The van der Waals surface area contributed by atoms with Gasteiger partial charge in [0.1, 0.15) is 16.1 Å². The second kappa shape index (κ2) is 10.7. The van der Waals surface area contributed by atoms with Crippen LogP contribution in [0.4, 0.5) is 18.9 Å². The number of alkyl halides is 3. The number of fused-ring (bicyclic) bond motifs is 1. The van der Waals surface area contributed by atoms with Crippen LogP contribution in [0.5, 0.6) is 0 Å². The molecule has 2 heterocycles. The molecule has 198 valence electrons. The highest BCUT2D eigenvalue weighted by atomic mass is 32.2. The summed E-state index contributed by atoms with van der Waals surface area (Å²) in [6, 6.07) is 13.2. The van der Waals surface area contributed by atoms with Crippen LogP contribution < -0.4 is 16.2 Å². The van der Waals surface area contributed by atoms with Gasteiger partial charge in [-0.15, -0.1) is 11.3 Å². The van der Waals surface area contributed by atoms with Gasteiger partial charge in [0.05, 0.1) is 0 Å². The smallest absolute Gasteiger partial charge is 0.475 e. The van der Waals surface area contributed by atoms with Crippen molar-refractivity contribution < 1.29 is 36.3 Å². The van der Waals surface area contributed by atoms with Crippen molar-refractivity contribution in [2.45, 2.75) is 29.4 Å². The zero-order valence-corrected chi connectivity index (χ0v) is 20.6. The third kappa shape index (κ3) is 6.75. The molecule has 15 heteroatoms. The fourth-order valence-electron chi connectivity index (χ4n) is 3.46. The highest BCUT2D eigenvalue weighted by Gasteiger charge is 2.38. The number of carbonyl (C=O) groups is 2. The van der Waals surface area contributed by atoms with Crippen LogP contribution in [0.1, 0.15) is 17.5 Å². The molecule has 1 aliphatic heterocycles. The Morgan fingerprint density at radius 2 is 1.86 bits per heavy atom. The van der Waals surface area contributed by atoms with E-state index in [-0.39, 0.29) is 22.5 Å². The first-order chi connectivity index (χ1) is 17.2. The lowest BCUT2D eigenvalue weighted by Crippen LogP contribution is -2.41. The maximum Gasteiger partial charge on any atom is 0.490 e. The number of benzene rings is 2. The molecule has 1 saturated heterocycles. The maximum absolute atomic E-state index is 12.8. The minimum Gasteiger partial charge on any atom is -0.475 e. The topological polar surface area (TPSA) is 180 Å². The molecule has 37 heavy (non-hydrogen) atoms. The molecule has 1 amide bonds. The van der Waals surface area contributed by atoms with E-state index in [4.69, 9.17) is 26.8 Å². The van der Waals surface area contributed by atoms with E-state index in [2.05, 4.69) is 4.72 Å². The van der Waals surface area contributed by atoms with Crippen LogP contribution in [-0.2, 0) is 26.2 Å². The van der Waals surface area contributed by atoms with Gasteiger partial charge in [0.25, 0.3) is 10.0 Å². The number of carboxylic acid groups (broad SMARTS) is 1. The quantitative estimate of drug-likeness (QED) is 0.175. The van der Waals surface area contributed by atoms with Gasteiger partial charge in [-0.25, -0.2) is 13.2 Å². The Balaban J connectivity index is 0.000000479. The minimum atomic E-state index is -5.08. The third-order valence-electron chi connectivity index (χ3n) is 5.32. The van der Waals surface area contributed by atoms with Crippen molar-refractivity contribution in [1.29, 1.82) is 5.41 Å². The van der Waals surface area contributed by atoms with Crippen molar-refractivity contribution in [2.75, 3.05) is 12.3 Å². The molecular weight excluding hydrogens is 535 g/mol. The Morgan fingerprint density at radius 3 is 2.46 bits per heavy atom. The molecule has 0 spiro atoms. The van der Waals surface area contributed by atoms with Crippen LogP contribution in [0.2, 0.25) is 0 Å². The predicted octanol–water partition coefficient (Wildman–Crippen LogP) is 2.48. The number of nitrogens with one attached hydrogen (secondary N) is 2. The van der Waals surface area contributed by atoms with Crippen molar-refractivity contribution >= 4 is 54.8 Å². The molecule has 0 aliphatic carbocycles. The number of nitrogens with two attached hydrogens (primary N) is 2. The average Bonchev–Trinajstić information content (AvgIpc) is 3.39. The molecule has 10 nitrogen and oxygen atoms in total. The predicted molar refractivity (Wildman–Crippen MR) is 132 cm³/mol. The van der Waals surface area contributed by atoms with E-state index in [9.17, 15) is 26.4 Å². The van der Waals surface area contributed by atoms with Crippen LogP contribution >= 0.6 is 11.3 Å². The number of hydrogen-bond donors (Lipinski definition) is 5. The van der Waals surface area contributed by atoms with Gasteiger partial charge in [0, 0.05) is 29.0 Å². The Kier molecular flexibility index (Phi) is 8.09. The van der Waals surface area contributed by atoms with Gasteiger partial charge in [0.2, 0.25) is 5.91 Å². The fourth-order valence-corrected chi connectivity index (χ4v) is 6.09. The molecule has 1 unspecified atom stereocenters. The van der Waals surface area contributed by atoms with Gasteiger partial charge >= 0.3 is 12.1 Å². The van der Waals surface area contributed by atoms with Crippen LogP contribution in [0.25, 0.3) is 10.1 Å². The molecule has 3 aromatic rings. The number of nitrogens with zero attached hydrogens (tertiary/aromatic N) is 1. The van der Waals surface area contributed by atoms with E-state index in [1.54, 1.807) is 29.2 Å². The fraction of sp³-hybridized carbons (Fsp3) is 0.227. The SMILES string of the molecule is N=C(N)c1ccc(N)c(CN2CCC(NS(=O)(=O)c3cc4ccccc4s3)C2=O)c1.O=C(O)C(F)(F)F. The summed E-state index contributed by atoms with van der Waals surface area (Å²) < 4.78 is 61.0. The number of halogens is 3. The third-order valence-corrected chi connectivity index (χ3v) is 8.38.